The molecule has 1 fully saturated rings. The molecule has 0 aromatic carbocycles. The highest BCUT2D eigenvalue weighted by Gasteiger charge is 2.49. The first kappa shape index (κ1) is 27.3. The van der Waals surface area contributed by atoms with Crippen LogP contribution in [0.5, 0.6) is 5.88 Å². The zero-order valence-electron chi connectivity index (χ0n) is 20.1. The third-order valence-electron chi connectivity index (χ3n) is 5.62. The van der Waals surface area contributed by atoms with Gasteiger partial charge in [0.05, 0.1) is 23.2 Å². The van der Waals surface area contributed by atoms with Crippen LogP contribution in [0.15, 0.2) is 29.2 Å². The third kappa shape index (κ3) is 5.71. The number of fused-ring (bicyclic) bond motifs is 1. The third-order valence-corrected chi connectivity index (χ3v) is 5.62. The Kier molecular flexibility index (Phi) is 7.07. The van der Waals surface area contributed by atoms with Crippen molar-refractivity contribution in [3.8, 4) is 5.88 Å². The summed E-state index contributed by atoms with van der Waals surface area (Å²) in [6.45, 7) is 5.43. The lowest BCUT2D eigenvalue weighted by Gasteiger charge is -2.35. The number of carbonyl (C=O) groups is 1. The van der Waals surface area contributed by atoms with Gasteiger partial charge in [0.25, 0.3) is 11.5 Å². The predicted octanol–water partition coefficient (Wildman–Crippen LogP) is 3.97. The zero-order chi connectivity index (χ0) is 28.0. The number of aromatic amines is 1. The van der Waals surface area contributed by atoms with Crippen LogP contribution in [0.1, 0.15) is 47.4 Å². The molecule has 1 saturated heterocycles. The van der Waals surface area contributed by atoms with E-state index in [0.29, 0.717) is 19.2 Å². The normalized spacial score (nSPS) is 19.4. The molecule has 0 aliphatic carbocycles. The van der Waals surface area contributed by atoms with Crippen LogP contribution in [-0.2, 0) is 10.9 Å². The quantitative estimate of drug-likeness (QED) is 0.494. The molecule has 0 spiro atoms. The fourth-order valence-electron chi connectivity index (χ4n) is 4.15. The van der Waals surface area contributed by atoms with E-state index in [2.05, 4.69) is 19.9 Å². The van der Waals surface area contributed by atoms with Gasteiger partial charge in [0.15, 0.2) is 11.3 Å². The Hall–Kier alpha value is -3.75. The van der Waals surface area contributed by atoms with Crippen LogP contribution in [0, 0.1) is 6.92 Å². The second-order valence-electron chi connectivity index (χ2n) is 8.84. The van der Waals surface area contributed by atoms with Crippen LogP contribution in [-0.4, -0.2) is 62.2 Å². The Balaban J connectivity index is 1.70. The van der Waals surface area contributed by atoms with Gasteiger partial charge < -0.3 is 19.4 Å². The van der Waals surface area contributed by atoms with E-state index in [0.717, 1.165) is 18.3 Å². The Bertz CT molecular complexity index is 1400. The van der Waals surface area contributed by atoms with E-state index in [4.69, 9.17) is 9.47 Å². The summed E-state index contributed by atoms with van der Waals surface area (Å²) in [5, 5.41) is -0.584. The predicted molar refractivity (Wildman–Crippen MR) is 119 cm³/mol. The fraction of sp³-hybridized carbons (Fsp3) is 0.435. The summed E-state index contributed by atoms with van der Waals surface area (Å²) in [7, 11) is 0. The summed E-state index contributed by atoms with van der Waals surface area (Å²) < 4.78 is 93.8. The second kappa shape index (κ2) is 9.85. The number of aryl methyl sites for hydroxylation is 1. The molecule has 3 atom stereocenters. The lowest BCUT2D eigenvalue weighted by Crippen LogP contribution is -2.48. The van der Waals surface area contributed by atoms with Gasteiger partial charge in [-0.1, -0.05) is 0 Å². The molecule has 0 radical (unpaired) electrons. The summed E-state index contributed by atoms with van der Waals surface area (Å²) in [5.74, 6) is -1.21. The largest absolute Gasteiger partial charge is 0.460 e. The van der Waals surface area contributed by atoms with Gasteiger partial charge in [-0.25, -0.2) is 15.0 Å². The van der Waals surface area contributed by atoms with Crippen molar-refractivity contribution < 1.29 is 40.6 Å². The number of halogens is 6. The van der Waals surface area contributed by atoms with Crippen LogP contribution < -0.4 is 10.3 Å². The number of hydrogen-bond acceptors (Lipinski definition) is 7. The first-order valence-electron chi connectivity index (χ1n) is 11.3. The maximum absolute atomic E-state index is 14.0. The van der Waals surface area contributed by atoms with Crippen molar-refractivity contribution in [3.63, 3.8) is 0 Å². The van der Waals surface area contributed by atoms with Gasteiger partial charge in [0, 0.05) is 30.9 Å². The van der Waals surface area contributed by atoms with Crippen molar-refractivity contribution in [2.45, 2.75) is 51.4 Å². The lowest BCUT2D eigenvalue weighted by molar-refractivity contribution is -0.201. The number of nitrogens with zero attached hydrogens (tertiary/aromatic N) is 4. The molecule has 3 aromatic heterocycles. The Morgan fingerprint density at radius 3 is 2.34 bits per heavy atom. The van der Waals surface area contributed by atoms with E-state index < -0.39 is 58.1 Å². The van der Waals surface area contributed by atoms with Gasteiger partial charge in [-0.15, -0.1) is 0 Å². The lowest BCUT2D eigenvalue weighted by atomic mass is 10.0. The number of nitrogens with one attached hydrogen (secondary N) is 1. The monoisotopic (exact) mass is 545 g/mol. The van der Waals surface area contributed by atoms with Crippen LogP contribution in [0.2, 0.25) is 0 Å². The molecule has 4 rings (SSSR count). The number of rotatable bonds is 4. The Morgan fingerprint density at radius 1 is 1.13 bits per heavy atom. The smallest absolute Gasteiger partial charge is 0.433 e. The number of pyridine rings is 2. The summed E-state index contributed by atoms with van der Waals surface area (Å²) in [6.07, 6.45) is -13.4. The molecule has 38 heavy (non-hydrogen) atoms. The molecule has 204 valence electrons. The highest BCUT2D eigenvalue weighted by Crippen LogP contribution is 2.42. The van der Waals surface area contributed by atoms with E-state index >= 15 is 0 Å². The van der Waals surface area contributed by atoms with Gasteiger partial charge in [0.1, 0.15) is 5.82 Å². The number of carbonyl (C=O) groups excluding carboxylic acids is 1. The fourth-order valence-corrected chi connectivity index (χ4v) is 4.15. The minimum absolute atomic E-state index is 0.0403. The SMILES string of the molecule is Cc1nc2nc(C(F)(F)F)c([C@@H](Oc3ccc(C(=O)N4C[C@@H](C)O[C@@H](C)C4)cn3)C(F)(F)F)cc2c(=O)[nH]1. The maximum Gasteiger partial charge on any atom is 0.433 e. The van der Waals surface area contributed by atoms with Gasteiger partial charge in [0.2, 0.25) is 12.0 Å². The highest BCUT2D eigenvalue weighted by molar-refractivity contribution is 5.94. The number of alkyl halides is 6. The maximum atomic E-state index is 14.0. The standard InChI is InChI=1S/C23H21F6N5O4/c1-10-8-34(9-11(2)37-10)21(36)13-4-5-16(30-7-13)38-18(23(27,28)29)14-6-15-19(31-12(3)32-20(15)35)33-17(14)22(24,25)26/h4-7,10-11,18H,8-9H2,1-3H3,(H,31,32,33,35)/t10-,11+,18-/m1/s1. The average Bonchev–Trinajstić information content (AvgIpc) is 2.80. The summed E-state index contributed by atoms with van der Waals surface area (Å²) in [6, 6.07) is 2.51. The van der Waals surface area contributed by atoms with Crippen LogP contribution in [0.3, 0.4) is 0 Å². The molecule has 1 N–H and O–H groups in total. The van der Waals surface area contributed by atoms with Crippen LogP contribution in [0.25, 0.3) is 11.0 Å². The molecule has 1 amide bonds. The van der Waals surface area contributed by atoms with Crippen LogP contribution in [0.4, 0.5) is 26.3 Å². The van der Waals surface area contributed by atoms with Crippen molar-refractivity contribution in [1.29, 1.82) is 0 Å². The molecule has 4 heterocycles. The van der Waals surface area contributed by atoms with Gasteiger partial charge >= 0.3 is 12.4 Å². The molecule has 0 bridgehead atoms. The molecule has 0 saturated carbocycles. The minimum atomic E-state index is -5.36. The number of ether oxygens (including phenoxy) is 2. The van der Waals surface area contributed by atoms with E-state index in [-0.39, 0.29) is 23.6 Å². The van der Waals surface area contributed by atoms with Crippen molar-refractivity contribution in [1.82, 2.24) is 24.8 Å². The molecule has 0 unspecified atom stereocenters. The van der Waals surface area contributed by atoms with Gasteiger partial charge in [-0.2, -0.15) is 26.3 Å². The number of H-pyrrole nitrogens is 1. The van der Waals surface area contributed by atoms with Gasteiger partial charge in [-0.3, -0.25) is 9.59 Å². The summed E-state index contributed by atoms with van der Waals surface area (Å²) >= 11 is 0. The molecule has 3 aromatic rings. The van der Waals surface area contributed by atoms with Crippen molar-refractivity contribution in [2.24, 2.45) is 0 Å². The first-order valence-corrected chi connectivity index (χ1v) is 11.3. The number of amides is 1. The molecule has 15 heteroatoms. The number of morpholine rings is 1. The van der Waals surface area contributed by atoms with Gasteiger partial charge in [-0.05, 0) is 32.9 Å². The van der Waals surface area contributed by atoms with Crippen LogP contribution >= 0.6 is 0 Å². The molecular formula is C23H21F6N5O4. The Morgan fingerprint density at radius 2 is 1.79 bits per heavy atom. The van der Waals surface area contributed by atoms with E-state index in [1.165, 1.54) is 11.8 Å². The molecular weight excluding hydrogens is 524 g/mol. The zero-order valence-corrected chi connectivity index (χ0v) is 20.1. The topological polar surface area (TPSA) is 110 Å². The Labute approximate surface area is 210 Å². The average molecular weight is 545 g/mol. The molecule has 1 aliphatic heterocycles. The van der Waals surface area contributed by atoms with E-state index in [9.17, 15) is 35.9 Å². The van der Waals surface area contributed by atoms with Crippen molar-refractivity contribution >= 4 is 16.9 Å². The second-order valence-corrected chi connectivity index (χ2v) is 8.84. The summed E-state index contributed by atoms with van der Waals surface area (Å²) in [4.78, 5) is 39.3. The highest BCUT2D eigenvalue weighted by atomic mass is 19.4. The first-order chi connectivity index (χ1) is 17.6. The van der Waals surface area contributed by atoms with E-state index in [1.807, 2.05) is 0 Å². The van der Waals surface area contributed by atoms with E-state index in [1.54, 1.807) is 13.8 Å². The molecule has 9 nitrogen and oxygen atoms in total. The minimum Gasteiger partial charge on any atom is -0.460 e. The molecule has 1 aliphatic rings. The summed E-state index contributed by atoms with van der Waals surface area (Å²) in [5.41, 5.74) is -4.95. The number of hydrogen-bond donors (Lipinski definition) is 1. The van der Waals surface area contributed by atoms with Crippen molar-refractivity contribution in [2.75, 3.05) is 13.1 Å². The number of aromatic nitrogens is 4. The van der Waals surface area contributed by atoms with Crippen molar-refractivity contribution in [3.05, 3.63) is 57.4 Å².